The van der Waals surface area contributed by atoms with Crippen LogP contribution in [0.15, 0.2) is 93.9 Å². The highest BCUT2D eigenvalue weighted by Crippen LogP contribution is 2.36. The summed E-state index contributed by atoms with van der Waals surface area (Å²) in [5.41, 5.74) is 5.91. The van der Waals surface area contributed by atoms with Crippen LogP contribution in [-0.2, 0) is 16.1 Å². The van der Waals surface area contributed by atoms with Gasteiger partial charge in [-0.3, -0.25) is 9.36 Å². The van der Waals surface area contributed by atoms with Crippen molar-refractivity contribution < 1.29 is 19.0 Å². The van der Waals surface area contributed by atoms with Crippen LogP contribution in [0.25, 0.3) is 11.8 Å². The van der Waals surface area contributed by atoms with E-state index in [1.165, 1.54) is 11.3 Å². The first kappa shape index (κ1) is 35.3. The zero-order valence-corrected chi connectivity index (χ0v) is 30.9. The van der Waals surface area contributed by atoms with Crippen molar-refractivity contribution in [2.45, 2.75) is 60.3 Å². The molecule has 0 unspecified atom stereocenters. The maximum absolute atomic E-state index is 14.3. The quantitative estimate of drug-likeness (QED) is 0.137. The Bertz CT molecular complexity index is 2300. The first-order chi connectivity index (χ1) is 24.0. The van der Waals surface area contributed by atoms with E-state index in [-0.39, 0.29) is 18.3 Å². The zero-order chi connectivity index (χ0) is 35.7. The number of ether oxygens (including phenoxy) is 3. The van der Waals surface area contributed by atoms with Gasteiger partial charge >= 0.3 is 5.97 Å². The highest BCUT2D eigenvalue weighted by molar-refractivity contribution is 7.07. The van der Waals surface area contributed by atoms with Crippen molar-refractivity contribution >= 4 is 46.6 Å². The van der Waals surface area contributed by atoms with Crippen LogP contribution in [0, 0.1) is 13.8 Å². The summed E-state index contributed by atoms with van der Waals surface area (Å²) in [6.45, 7) is 12.0. The average Bonchev–Trinajstić information content (AvgIpc) is 3.53. The number of esters is 1. The molecule has 0 spiro atoms. The second-order valence-electron chi connectivity index (χ2n) is 12.2. The minimum absolute atomic E-state index is 0.115. The van der Waals surface area contributed by atoms with Gasteiger partial charge in [0.1, 0.15) is 24.1 Å². The van der Waals surface area contributed by atoms with E-state index in [4.69, 9.17) is 42.4 Å². The zero-order valence-electron chi connectivity index (χ0n) is 28.6. The number of benzene rings is 3. The number of carbonyl (C=O) groups is 1. The second kappa shape index (κ2) is 14.7. The predicted octanol–water partition coefficient (Wildman–Crippen LogP) is 7.88. The van der Waals surface area contributed by atoms with E-state index >= 15 is 0 Å². The molecule has 50 heavy (non-hydrogen) atoms. The number of aryl methyl sites for hydroxylation is 1. The molecule has 258 valence electrons. The number of halogens is 2. The van der Waals surface area contributed by atoms with Gasteiger partial charge in [0.05, 0.1) is 28.5 Å². The van der Waals surface area contributed by atoms with Crippen LogP contribution in [-0.4, -0.2) is 27.8 Å². The molecular weight excluding hydrogens is 693 g/mol. The predicted molar refractivity (Wildman–Crippen MR) is 199 cm³/mol. The number of rotatable bonds is 10. The van der Waals surface area contributed by atoms with Crippen molar-refractivity contribution in [2.75, 3.05) is 6.61 Å². The topological polar surface area (TPSA) is 84.0 Å². The van der Waals surface area contributed by atoms with Crippen molar-refractivity contribution in [1.82, 2.24) is 9.13 Å². The third-order valence-electron chi connectivity index (χ3n) is 8.35. The molecule has 0 saturated carbocycles. The molecule has 1 atom stereocenters. The Hall–Kier alpha value is -4.57. The molecule has 0 amide bonds. The Morgan fingerprint density at radius 1 is 1.02 bits per heavy atom. The van der Waals surface area contributed by atoms with E-state index in [9.17, 15) is 9.59 Å². The van der Waals surface area contributed by atoms with Crippen LogP contribution in [0.2, 0.25) is 10.0 Å². The molecule has 0 fully saturated rings. The summed E-state index contributed by atoms with van der Waals surface area (Å²) in [4.78, 5) is 32.9. The van der Waals surface area contributed by atoms with E-state index < -0.39 is 12.0 Å². The van der Waals surface area contributed by atoms with Crippen molar-refractivity contribution in [3.63, 3.8) is 0 Å². The molecule has 8 nitrogen and oxygen atoms in total. The van der Waals surface area contributed by atoms with Gasteiger partial charge in [-0.05, 0) is 102 Å². The number of fused-ring (bicyclic) bond motifs is 1. The largest absolute Gasteiger partial charge is 0.491 e. The van der Waals surface area contributed by atoms with Gasteiger partial charge in [-0.1, -0.05) is 58.8 Å². The molecule has 11 heteroatoms. The van der Waals surface area contributed by atoms with Crippen LogP contribution < -0.4 is 24.4 Å². The Labute approximate surface area is 304 Å². The summed E-state index contributed by atoms with van der Waals surface area (Å²) in [5, 5.41) is 1.14. The van der Waals surface area contributed by atoms with Crippen LogP contribution in [0.1, 0.15) is 61.8 Å². The molecule has 0 radical (unpaired) electrons. The number of hydrogen-bond acceptors (Lipinski definition) is 7. The van der Waals surface area contributed by atoms with Gasteiger partial charge in [-0.15, -0.1) is 0 Å². The lowest BCUT2D eigenvalue weighted by Crippen LogP contribution is -2.40. The van der Waals surface area contributed by atoms with E-state index in [0.717, 1.165) is 28.2 Å². The highest BCUT2D eigenvalue weighted by Gasteiger charge is 2.35. The third-order valence-corrected chi connectivity index (χ3v) is 9.92. The monoisotopic (exact) mass is 729 g/mol. The standard InChI is InChI=1S/C39H37Cl2N3O5S/c1-7-47-38(46)35-24(5)42-39-44(36(35)31-10-8-9-11-33(31)49-22(2)3)37(45)34(50-39)19-27-18-23(4)43(25(27)6)29-14-16-30(17-15-29)48-21-26-12-13-28(40)20-32(26)41/h8-20,22,36H,7,21H2,1-6H3/b34-19-/t36-/m0/s1. The fourth-order valence-electron chi connectivity index (χ4n) is 6.12. The van der Waals surface area contributed by atoms with E-state index in [1.807, 2.05) is 88.4 Å². The van der Waals surface area contributed by atoms with Crippen molar-refractivity contribution in [3.05, 3.63) is 142 Å². The summed E-state index contributed by atoms with van der Waals surface area (Å²) >= 11 is 13.6. The molecule has 0 N–H and O–H groups in total. The summed E-state index contributed by atoms with van der Waals surface area (Å²) < 4.78 is 21.8. The normalized spacial score (nSPS) is 14.5. The van der Waals surface area contributed by atoms with E-state index in [1.54, 1.807) is 30.5 Å². The summed E-state index contributed by atoms with van der Waals surface area (Å²) in [5.74, 6) is 0.782. The van der Waals surface area contributed by atoms with Gasteiger partial charge in [-0.2, -0.15) is 0 Å². The Balaban J connectivity index is 1.37. The molecular formula is C39H37Cl2N3O5S. The van der Waals surface area contributed by atoms with Crippen molar-refractivity contribution in [1.29, 1.82) is 0 Å². The third kappa shape index (κ3) is 7.03. The lowest BCUT2D eigenvalue weighted by atomic mass is 9.95. The number of aromatic nitrogens is 2. The first-order valence-corrected chi connectivity index (χ1v) is 17.8. The van der Waals surface area contributed by atoms with Gasteiger partial charge in [0.25, 0.3) is 5.56 Å². The molecule has 0 saturated heterocycles. The van der Waals surface area contributed by atoms with Crippen LogP contribution in [0.4, 0.5) is 0 Å². The number of thiazole rings is 1. The first-order valence-electron chi connectivity index (χ1n) is 16.3. The molecule has 2 aromatic heterocycles. The molecule has 1 aliphatic rings. The molecule has 0 bridgehead atoms. The molecule has 3 aromatic carbocycles. The minimum atomic E-state index is -0.772. The molecule has 0 aliphatic carbocycles. The smallest absolute Gasteiger partial charge is 0.338 e. The SMILES string of the molecule is CCOC(=O)C1=C(C)N=c2s/c(=C\c3cc(C)n(-c4ccc(OCc5ccc(Cl)cc5Cl)cc4)c3C)c(=O)n2[C@H]1c1ccccc1OC(C)C. The molecule has 5 aromatic rings. The lowest BCUT2D eigenvalue weighted by Gasteiger charge is -2.26. The van der Waals surface area contributed by atoms with E-state index in [2.05, 4.69) is 10.6 Å². The van der Waals surface area contributed by atoms with Gasteiger partial charge in [-0.25, -0.2) is 9.79 Å². The summed E-state index contributed by atoms with van der Waals surface area (Å²) in [6, 6.07) is 21.9. The maximum atomic E-state index is 14.3. The van der Waals surface area contributed by atoms with Crippen LogP contribution >= 0.6 is 34.5 Å². The number of nitrogens with zero attached hydrogens (tertiary/aromatic N) is 3. The minimum Gasteiger partial charge on any atom is -0.491 e. The fourth-order valence-corrected chi connectivity index (χ4v) is 7.62. The number of para-hydroxylation sites is 1. The van der Waals surface area contributed by atoms with Crippen LogP contribution in [0.3, 0.4) is 0 Å². The van der Waals surface area contributed by atoms with E-state index in [0.29, 0.717) is 54.3 Å². The Morgan fingerprint density at radius 3 is 2.46 bits per heavy atom. The average molecular weight is 731 g/mol. The van der Waals surface area contributed by atoms with Crippen molar-refractivity contribution in [3.8, 4) is 17.2 Å². The Morgan fingerprint density at radius 2 is 1.76 bits per heavy atom. The highest BCUT2D eigenvalue weighted by atomic mass is 35.5. The summed E-state index contributed by atoms with van der Waals surface area (Å²) in [6.07, 6.45) is 1.78. The second-order valence-corrected chi connectivity index (χ2v) is 14.0. The molecule has 6 rings (SSSR count). The Kier molecular flexibility index (Phi) is 10.4. The maximum Gasteiger partial charge on any atom is 0.338 e. The van der Waals surface area contributed by atoms with Gasteiger partial charge < -0.3 is 18.8 Å². The lowest BCUT2D eigenvalue weighted by molar-refractivity contribution is -0.139. The van der Waals surface area contributed by atoms with Gasteiger partial charge in [0, 0.05) is 38.2 Å². The fraction of sp³-hybridized carbons (Fsp3) is 0.256. The molecule has 3 heterocycles. The number of hydrogen-bond donors (Lipinski definition) is 0. The van der Waals surface area contributed by atoms with Gasteiger partial charge in [0.15, 0.2) is 4.80 Å². The number of carbonyl (C=O) groups excluding carboxylic acids is 1. The summed E-state index contributed by atoms with van der Waals surface area (Å²) in [7, 11) is 0. The van der Waals surface area contributed by atoms with Gasteiger partial charge in [0.2, 0.25) is 0 Å². The van der Waals surface area contributed by atoms with Crippen molar-refractivity contribution in [2.24, 2.45) is 4.99 Å². The molecule has 1 aliphatic heterocycles. The number of allylic oxidation sites excluding steroid dienone is 1. The van der Waals surface area contributed by atoms with Crippen LogP contribution in [0.5, 0.6) is 11.5 Å².